The van der Waals surface area contributed by atoms with E-state index >= 15 is 0 Å². The second-order valence-corrected chi connectivity index (χ2v) is 5.89. The molecule has 122 valence electrons. The first-order chi connectivity index (χ1) is 10.2. The summed E-state index contributed by atoms with van der Waals surface area (Å²) in [6.07, 6.45) is 9.62. The first kappa shape index (κ1) is 18.0. The minimum Gasteiger partial charge on any atom is -0.355 e. The maximum absolute atomic E-state index is 4.38. The van der Waals surface area contributed by atoms with Crippen molar-refractivity contribution < 1.29 is 0 Å². The first-order valence-corrected chi connectivity index (χ1v) is 8.49. The number of hydrogen-bond acceptors (Lipinski definition) is 2. The van der Waals surface area contributed by atoms with Gasteiger partial charge in [-0.1, -0.05) is 19.4 Å². The van der Waals surface area contributed by atoms with Gasteiger partial charge in [0.25, 0.3) is 0 Å². The minimum atomic E-state index is 0.849. The lowest BCUT2D eigenvalue weighted by molar-refractivity contribution is 0.280. The molecule has 4 heteroatoms. The molecule has 0 bridgehead atoms. The van der Waals surface area contributed by atoms with Crippen LogP contribution in [0.2, 0.25) is 0 Å². The van der Waals surface area contributed by atoms with E-state index < -0.39 is 0 Å². The molecule has 0 atom stereocenters. The van der Waals surface area contributed by atoms with Crippen LogP contribution in [0, 0.1) is 0 Å². The van der Waals surface area contributed by atoms with Crippen molar-refractivity contribution in [2.45, 2.75) is 51.5 Å². The Morgan fingerprint density at radius 2 is 2.05 bits per heavy atom. The van der Waals surface area contributed by atoms with Crippen molar-refractivity contribution in [3.05, 3.63) is 12.7 Å². The van der Waals surface area contributed by atoms with E-state index in [1.807, 2.05) is 13.1 Å². The van der Waals surface area contributed by atoms with Crippen molar-refractivity contribution in [3.8, 4) is 0 Å². The summed E-state index contributed by atoms with van der Waals surface area (Å²) >= 11 is 0. The molecular weight excluding hydrogens is 260 g/mol. The summed E-state index contributed by atoms with van der Waals surface area (Å²) < 4.78 is 0. The van der Waals surface area contributed by atoms with E-state index in [1.165, 1.54) is 32.1 Å². The SMILES string of the molecule is C=CCCCCCN(C)C(=NC)NCCN(CC)C1CC1. The minimum absolute atomic E-state index is 0.849. The summed E-state index contributed by atoms with van der Waals surface area (Å²) in [7, 11) is 4.00. The van der Waals surface area contributed by atoms with Crippen molar-refractivity contribution in [3.63, 3.8) is 0 Å². The van der Waals surface area contributed by atoms with Gasteiger partial charge in [0.15, 0.2) is 5.96 Å². The van der Waals surface area contributed by atoms with Crippen LogP contribution in [0.5, 0.6) is 0 Å². The van der Waals surface area contributed by atoms with Crippen LogP contribution in [0.3, 0.4) is 0 Å². The molecule has 0 aromatic carbocycles. The maximum atomic E-state index is 4.38. The Labute approximate surface area is 131 Å². The van der Waals surface area contributed by atoms with Crippen LogP contribution in [0.25, 0.3) is 0 Å². The van der Waals surface area contributed by atoms with E-state index in [1.54, 1.807) is 0 Å². The molecule has 0 aromatic rings. The van der Waals surface area contributed by atoms with Gasteiger partial charge in [-0.05, 0) is 38.6 Å². The fourth-order valence-corrected chi connectivity index (χ4v) is 2.65. The van der Waals surface area contributed by atoms with Crippen molar-refractivity contribution in [2.75, 3.05) is 40.3 Å². The van der Waals surface area contributed by atoms with Crippen molar-refractivity contribution in [1.82, 2.24) is 15.1 Å². The lowest BCUT2D eigenvalue weighted by Crippen LogP contribution is -2.43. The van der Waals surface area contributed by atoms with Crippen LogP contribution < -0.4 is 5.32 Å². The van der Waals surface area contributed by atoms with Gasteiger partial charge in [-0.2, -0.15) is 0 Å². The summed E-state index contributed by atoms with van der Waals surface area (Å²) in [6, 6.07) is 0.849. The predicted molar refractivity (Wildman–Crippen MR) is 92.9 cm³/mol. The number of unbranched alkanes of at least 4 members (excludes halogenated alkanes) is 3. The Bertz CT molecular complexity index is 310. The number of allylic oxidation sites excluding steroid dienone is 1. The van der Waals surface area contributed by atoms with Gasteiger partial charge in [0, 0.05) is 39.8 Å². The fourth-order valence-electron chi connectivity index (χ4n) is 2.65. The Kier molecular flexibility index (Phi) is 9.15. The molecule has 1 fully saturated rings. The molecule has 1 aliphatic carbocycles. The topological polar surface area (TPSA) is 30.9 Å². The van der Waals surface area contributed by atoms with E-state index in [0.717, 1.165) is 44.6 Å². The van der Waals surface area contributed by atoms with Crippen molar-refractivity contribution in [2.24, 2.45) is 4.99 Å². The van der Waals surface area contributed by atoms with Crippen LogP contribution >= 0.6 is 0 Å². The largest absolute Gasteiger partial charge is 0.355 e. The molecule has 1 aliphatic rings. The molecule has 0 aliphatic heterocycles. The van der Waals surface area contributed by atoms with Gasteiger partial charge in [-0.15, -0.1) is 6.58 Å². The van der Waals surface area contributed by atoms with Crippen LogP contribution in [0.1, 0.15) is 45.4 Å². The maximum Gasteiger partial charge on any atom is 0.193 e. The smallest absolute Gasteiger partial charge is 0.193 e. The third-order valence-corrected chi connectivity index (χ3v) is 4.13. The van der Waals surface area contributed by atoms with Gasteiger partial charge in [0.1, 0.15) is 0 Å². The average Bonchev–Trinajstić information content (AvgIpc) is 3.32. The van der Waals surface area contributed by atoms with Gasteiger partial charge >= 0.3 is 0 Å². The number of nitrogens with zero attached hydrogens (tertiary/aromatic N) is 3. The third-order valence-electron chi connectivity index (χ3n) is 4.13. The first-order valence-electron chi connectivity index (χ1n) is 8.49. The van der Waals surface area contributed by atoms with Gasteiger partial charge in [-0.3, -0.25) is 9.89 Å². The van der Waals surface area contributed by atoms with E-state index in [4.69, 9.17) is 0 Å². The molecule has 4 nitrogen and oxygen atoms in total. The second kappa shape index (κ2) is 10.7. The molecule has 21 heavy (non-hydrogen) atoms. The van der Waals surface area contributed by atoms with Gasteiger partial charge in [-0.25, -0.2) is 0 Å². The number of likely N-dealkylation sites (N-methyl/N-ethyl adjacent to an activating group) is 1. The molecule has 1 saturated carbocycles. The van der Waals surface area contributed by atoms with Crippen molar-refractivity contribution in [1.29, 1.82) is 0 Å². The zero-order valence-corrected chi connectivity index (χ0v) is 14.3. The number of hydrogen-bond donors (Lipinski definition) is 1. The van der Waals surface area contributed by atoms with Crippen LogP contribution in [0.15, 0.2) is 17.6 Å². The summed E-state index contributed by atoms with van der Waals surface area (Å²) in [6.45, 7) is 10.3. The highest BCUT2D eigenvalue weighted by atomic mass is 15.3. The van der Waals surface area contributed by atoms with Crippen LogP contribution in [0.4, 0.5) is 0 Å². The highest BCUT2D eigenvalue weighted by molar-refractivity contribution is 5.79. The summed E-state index contributed by atoms with van der Waals surface area (Å²) in [5, 5.41) is 3.49. The average molecular weight is 294 g/mol. The quantitative estimate of drug-likeness (QED) is 0.275. The summed E-state index contributed by atoms with van der Waals surface area (Å²) in [5.41, 5.74) is 0. The summed E-state index contributed by atoms with van der Waals surface area (Å²) in [5.74, 6) is 1.02. The third kappa shape index (κ3) is 7.51. The number of aliphatic imine (C=N–C) groups is 1. The second-order valence-electron chi connectivity index (χ2n) is 5.89. The van der Waals surface area contributed by atoms with E-state index in [2.05, 4.69) is 40.7 Å². The fraction of sp³-hybridized carbons (Fsp3) is 0.824. The van der Waals surface area contributed by atoms with Crippen LogP contribution in [-0.2, 0) is 0 Å². The normalized spacial score (nSPS) is 15.3. The molecule has 0 spiro atoms. The monoisotopic (exact) mass is 294 g/mol. The zero-order valence-electron chi connectivity index (χ0n) is 14.3. The molecule has 0 amide bonds. The molecule has 0 saturated heterocycles. The predicted octanol–water partition coefficient (Wildman–Crippen LogP) is 2.72. The molecule has 1 rings (SSSR count). The standard InChI is InChI=1S/C17H34N4/c1-5-7-8-9-10-14-20(4)17(18-3)19-13-15-21(6-2)16-11-12-16/h5,16H,1,6-15H2,2-4H3,(H,18,19). The Balaban J connectivity index is 2.15. The van der Waals surface area contributed by atoms with E-state index in [0.29, 0.717) is 0 Å². The molecule has 1 N–H and O–H groups in total. The molecular formula is C17H34N4. The number of nitrogens with one attached hydrogen (secondary N) is 1. The molecule has 0 radical (unpaired) electrons. The lowest BCUT2D eigenvalue weighted by Gasteiger charge is -2.24. The Morgan fingerprint density at radius 3 is 2.62 bits per heavy atom. The molecule has 0 aromatic heterocycles. The molecule has 0 unspecified atom stereocenters. The molecule has 0 heterocycles. The van der Waals surface area contributed by atoms with Gasteiger partial charge in [0.05, 0.1) is 0 Å². The van der Waals surface area contributed by atoms with Crippen molar-refractivity contribution >= 4 is 5.96 Å². The Morgan fingerprint density at radius 1 is 1.29 bits per heavy atom. The zero-order chi connectivity index (χ0) is 15.5. The van der Waals surface area contributed by atoms with E-state index in [9.17, 15) is 0 Å². The highest BCUT2D eigenvalue weighted by Gasteiger charge is 2.27. The van der Waals surface area contributed by atoms with Crippen LogP contribution in [-0.4, -0.2) is 62.1 Å². The summed E-state index contributed by atoms with van der Waals surface area (Å²) in [4.78, 5) is 9.19. The Hall–Kier alpha value is -1.03. The number of rotatable bonds is 11. The lowest BCUT2D eigenvalue weighted by atomic mass is 10.2. The van der Waals surface area contributed by atoms with Gasteiger partial charge in [0.2, 0.25) is 0 Å². The number of guanidine groups is 1. The van der Waals surface area contributed by atoms with E-state index in [-0.39, 0.29) is 0 Å². The highest BCUT2D eigenvalue weighted by Crippen LogP contribution is 2.25. The van der Waals surface area contributed by atoms with Gasteiger partial charge < -0.3 is 10.2 Å².